The number of phenolic OH excluding ortho intramolecular Hbond substituents is 1. The molecule has 192 valence electrons. The van der Waals surface area contributed by atoms with Crippen LogP contribution in [-0.4, -0.2) is 34.4 Å². The van der Waals surface area contributed by atoms with Gasteiger partial charge >= 0.3 is 11.9 Å². The normalized spacial score (nSPS) is 41.5. The van der Waals surface area contributed by atoms with Crippen molar-refractivity contribution >= 4 is 11.9 Å². The molecule has 7 atom stereocenters. The lowest BCUT2D eigenvalue weighted by molar-refractivity contribution is -0.273. The molecule has 1 spiro atoms. The maximum atomic E-state index is 12.7. The van der Waals surface area contributed by atoms with Crippen molar-refractivity contribution < 1.29 is 28.9 Å². The Morgan fingerprint density at radius 3 is 2.54 bits per heavy atom. The number of esters is 2. The highest BCUT2D eigenvalue weighted by atomic mass is 16.6. The van der Waals surface area contributed by atoms with Crippen LogP contribution in [0.15, 0.2) is 12.1 Å². The first-order valence-corrected chi connectivity index (χ1v) is 13.1. The topological polar surface area (TPSA) is 82.1 Å². The molecule has 2 aliphatic heterocycles. The fourth-order valence-corrected chi connectivity index (χ4v) is 8.68. The zero-order valence-corrected chi connectivity index (χ0v) is 22.2. The Hall–Kier alpha value is -2.08. The van der Waals surface area contributed by atoms with Gasteiger partial charge in [0.1, 0.15) is 22.7 Å². The zero-order valence-electron chi connectivity index (χ0n) is 22.2. The second-order valence-electron chi connectivity index (χ2n) is 12.8. The smallest absolute Gasteiger partial charge is 0.335 e. The average Bonchev–Trinajstić information content (AvgIpc) is 3.14. The van der Waals surface area contributed by atoms with Crippen LogP contribution in [0, 0.1) is 35.5 Å². The van der Waals surface area contributed by atoms with Gasteiger partial charge in [-0.3, -0.25) is 4.79 Å². The minimum Gasteiger partial charge on any atom is -0.507 e. The van der Waals surface area contributed by atoms with E-state index in [1.54, 1.807) is 6.07 Å². The molecule has 5 rings (SSSR count). The molecule has 0 amide bonds. The van der Waals surface area contributed by atoms with E-state index < -0.39 is 17.3 Å². The Morgan fingerprint density at radius 2 is 1.86 bits per heavy atom. The van der Waals surface area contributed by atoms with Gasteiger partial charge in [-0.2, -0.15) is 0 Å². The van der Waals surface area contributed by atoms with Gasteiger partial charge in [-0.05, 0) is 105 Å². The molecule has 2 bridgehead atoms. The summed E-state index contributed by atoms with van der Waals surface area (Å²) in [6.07, 6.45) is 5.02. The van der Waals surface area contributed by atoms with Crippen molar-refractivity contribution in [3.8, 4) is 11.5 Å². The van der Waals surface area contributed by atoms with Gasteiger partial charge in [-0.1, -0.05) is 20.8 Å². The van der Waals surface area contributed by atoms with Crippen molar-refractivity contribution in [1.29, 1.82) is 0 Å². The molecule has 6 heteroatoms. The van der Waals surface area contributed by atoms with Crippen LogP contribution in [0.3, 0.4) is 0 Å². The Morgan fingerprint density at radius 1 is 1.14 bits per heavy atom. The van der Waals surface area contributed by atoms with Crippen molar-refractivity contribution in [3.63, 3.8) is 0 Å². The number of cyclic esters (lactones) is 1. The van der Waals surface area contributed by atoms with Crippen LogP contribution >= 0.6 is 0 Å². The van der Waals surface area contributed by atoms with Crippen LogP contribution in [0.1, 0.15) is 84.8 Å². The quantitative estimate of drug-likeness (QED) is 0.451. The van der Waals surface area contributed by atoms with Crippen molar-refractivity contribution in [1.82, 2.24) is 0 Å². The molecule has 1 N–H and O–H groups in total. The van der Waals surface area contributed by atoms with E-state index in [1.165, 1.54) is 6.92 Å². The first-order chi connectivity index (χ1) is 16.2. The number of rotatable bonds is 3. The van der Waals surface area contributed by atoms with E-state index in [4.69, 9.17) is 14.2 Å². The van der Waals surface area contributed by atoms with Gasteiger partial charge in [-0.25, -0.2) is 4.79 Å². The Balaban J connectivity index is 1.54. The van der Waals surface area contributed by atoms with Crippen LogP contribution in [0.4, 0.5) is 0 Å². The highest BCUT2D eigenvalue weighted by Gasteiger charge is 2.73. The van der Waals surface area contributed by atoms with Crippen LogP contribution in [0.25, 0.3) is 0 Å². The summed E-state index contributed by atoms with van der Waals surface area (Å²) in [4.78, 5) is 24.3. The number of hydrogen-bond donors (Lipinski definition) is 1. The highest BCUT2D eigenvalue weighted by molar-refractivity contribution is 5.77. The van der Waals surface area contributed by atoms with Crippen molar-refractivity contribution in [2.75, 3.05) is 0 Å². The summed E-state index contributed by atoms with van der Waals surface area (Å²) >= 11 is 0. The van der Waals surface area contributed by atoms with Gasteiger partial charge in [0.25, 0.3) is 0 Å². The summed E-state index contributed by atoms with van der Waals surface area (Å²) in [6, 6.07) is 3.55. The molecule has 4 fully saturated rings. The number of hydrogen-bond acceptors (Lipinski definition) is 6. The van der Waals surface area contributed by atoms with Crippen molar-refractivity contribution in [2.45, 2.75) is 104 Å². The van der Waals surface area contributed by atoms with Gasteiger partial charge in [0.15, 0.2) is 6.10 Å². The molecule has 2 heterocycles. The van der Waals surface area contributed by atoms with Crippen LogP contribution < -0.4 is 4.74 Å². The van der Waals surface area contributed by atoms with E-state index in [0.717, 1.165) is 37.7 Å². The fourth-order valence-electron chi connectivity index (χ4n) is 8.68. The first kappa shape index (κ1) is 24.6. The summed E-state index contributed by atoms with van der Waals surface area (Å²) < 4.78 is 17.9. The molecule has 2 aliphatic carbocycles. The maximum absolute atomic E-state index is 12.7. The van der Waals surface area contributed by atoms with E-state index in [1.807, 2.05) is 26.8 Å². The van der Waals surface area contributed by atoms with E-state index in [0.29, 0.717) is 29.6 Å². The minimum atomic E-state index is -0.650. The summed E-state index contributed by atoms with van der Waals surface area (Å²) in [6.45, 7) is 14.4. The van der Waals surface area contributed by atoms with E-state index in [9.17, 15) is 14.7 Å². The molecule has 4 aliphatic rings. The fraction of sp³-hybridized carbons (Fsp3) is 0.724. The van der Waals surface area contributed by atoms with E-state index in [-0.39, 0.29) is 34.4 Å². The lowest BCUT2D eigenvalue weighted by Gasteiger charge is -2.65. The summed E-state index contributed by atoms with van der Waals surface area (Å²) in [5.41, 5.74) is 0.387. The number of aromatic hydroxyl groups is 1. The van der Waals surface area contributed by atoms with E-state index >= 15 is 0 Å². The standard InChI is InChI=1S/C29H40O6/c1-16-12-20(33-18(3)30)13-19(24(16)31)15-28(7)17(2)8-10-27(6)22(28)9-11-29-23(27)14-21(34-29)25(32)35-26(29,4)5/h12-13,17,21-23,31H,8-11,14-15H2,1-7H3. The third-order valence-corrected chi connectivity index (χ3v) is 10.6. The summed E-state index contributed by atoms with van der Waals surface area (Å²) in [5.74, 6) is 1.29. The lowest BCUT2D eigenvalue weighted by atomic mass is 9.41. The number of phenols is 1. The average molecular weight is 485 g/mol. The number of fused-ring (bicyclic) bond motifs is 3. The monoisotopic (exact) mass is 484 g/mol. The van der Waals surface area contributed by atoms with Crippen LogP contribution in [-0.2, 0) is 25.5 Å². The maximum Gasteiger partial charge on any atom is 0.335 e. The molecule has 2 saturated carbocycles. The molecule has 0 radical (unpaired) electrons. The Kier molecular flexibility index (Phi) is 5.42. The van der Waals surface area contributed by atoms with Gasteiger partial charge in [0.05, 0.1) is 0 Å². The molecule has 1 aromatic carbocycles. The van der Waals surface area contributed by atoms with Crippen molar-refractivity contribution in [3.05, 3.63) is 23.3 Å². The van der Waals surface area contributed by atoms with Crippen LogP contribution in [0.2, 0.25) is 0 Å². The first-order valence-electron chi connectivity index (χ1n) is 13.1. The number of benzene rings is 1. The molecule has 0 aromatic heterocycles. The van der Waals surface area contributed by atoms with Crippen LogP contribution in [0.5, 0.6) is 11.5 Å². The molecular weight excluding hydrogens is 444 g/mol. The molecule has 7 unspecified atom stereocenters. The summed E-state index contributed by atoms with van der Waals surface area (Å²) in [7, 11) is 0. The zero-order chi connectivity index (χ0) is 25.6. The minimum absolute atomic E-state index is 0.00231. The number of ether oxygens (including phenoxy) is 3. The lowest BCUT2D eigenvalue weighted by Crippen LogP contribution is -2.67. The van der Waals surface area contributed by atoms with Gasteiger partial charge in [0, 0.05) is 12.8 Å². The Labute approximate surface area is 208 Å². The third-order valence-electron chi connectivity index (χ3n) is 10.6. The molecule has 1 aromatic rings. The van der Waals surface area contributed by atoms with Gasteiger partial charge < -0.3 is 19.3 Å². The number of aryl methyl sites for hydroxylation is 1. The largest absolute Gasteiger partial charge is 0.507 e. The van der Waals surface area contributed by atoms with Gasteiger partial charge in [-0.15, -0.1) is 0 Å². The molecule has 6 nitrogen and oxygen atoms in total. The third kappa shape index (κ3) is 3.38. The van der Waals surface area contributed by atoms with Gasteiger partial charge in [0.2, 0.25) is 0 Å². The SMILES string of the molecule is CC(=O)Oc1cc(C)c(O)c(CC2(C)C(C)CCC3(C)C2CCC24OC(CC32)C(=O)OC4(C)C)c1. The second-order valence-corrected chi connectivity index (χ2v) is 12.8. The highest BCUT2D eigenvalue weighted by Crippen LogP contribution is 2.70. The number of carbonyl (C=O) groups excluding carboxylic acids is 2. The number of carbonyl (C=O) groups is 2. The Bertz CT molecular complexity index is 1080. The molecular formula is C29H40O6. The summed E-state index contributed by atoms with van der Waals surface area (Å²) in [5, 5.41) is 11.0. The predicted octanol–water partition coefficient (Wildman–Crippen LogP) is 5.50. The second kappa shape index (κ2) is 7.71. The van der Waals surface area contributed by atoms with E-state index in [2.05, 4.69) is 20.8 Å². The molecule has 35 heavy (non-hydrogen) atoms. The van der Waals surface area contributed by atoms with Crippen molar-refractivity contribution in [2.24, 2.45) is 28.6 Å². The predicted molar refractivity (Wildman–Crippen MR) is 131 cm³/mol. The molecule has 2 saturated heterocycles.